The fourth-order valence-electron chi connectivity index (χ4n) is 2.61. The van der Waals surface area contributed by atoms with Gasteiger partial charge in [0, 0.05) is 18.7 Å². The summed E-state index contributed by atoms with van der Waals surface area (Å²) in [6.45, 7) is 2.12. The third-order valence-corrected chi connectivity index (χ3v) is 4.05. The quantitative estimate of drug-likeness (QED) is 0.926. The second kappa shape index (κ2) is 4.90. The first-order valence-corrected chi connectivity index (χ1v) is 7.01. The van der Waals surface area contributed by atoms with Gasteiger partial charge < -0.3 is 10.1 Å². The second-order valence-electron chi connectivity index (χ2n) is 4.60. The van der Waals surface area contributed by atoms with Crippen molar-refractivity contribution in [2.75, 3.05) is 20.2 Å². The lowest BCUT2D eigenvalue weighted by molar-refractivity contribution is 0.416. The Balaban J connectivity index is 2.12. The first-order chi connectivity index (χ1) is 8.81. The summed E-state index contributed by atoms with van der Waals surface area (Å²) in [5.74, 6) is 2.44. The van der Waals surface area contributed by atoms with Crippen LogP contribution in [0, 0.1) is 0 Å². The number of ether oxygens (including phenoxy) is 1. The summed E-state index contributed by atoms with van der Waals surface area (Å²) < 4.78 is 8.40. The van der Waals surface area contributed by atoms with Crippen molar-refractivity contribution in [3.05, 3.63) is 28.8 Å². The van der Waals surface area contributed by atoms with Gasteiger partial charge in [-0.3, -0.25) is 4.40 Å². The first-order valence-electron chi connectivity index (χ1n) is 6.22. The first kappa shape index (κ1) is 12.0. The third kappa shape index (κ3) is 1.91. The van der Waals surface area contributed by atoms with E-state index in [2.05, 4.69) is 36.8 Å². The van der Waals surface area contributed by atoms with E-state index in [1.54, 1.807) is 7.11 Å². The van der Waals surface area contributed by atoms with Crippen molar-refractivity contribution >= 4 is 21.4 Å². The molecule has 1 atom stereocenters. The molecule has 0 bridgehead atoms. The van der Waals surface area contributed by atoms with Gasteiger partial charge in [-0.05, 0) is 47.4 Å². The average Bonchev–Trinajstić information content (AvgIpc) is 2.77. The maximum absolute atomic E-state index is 5.40. The molecule has 0 radical (unpaired) electrons. The van der Waals surface area contributed by atoms with Crippen LogP contribution in [0.2, 0.25) is 0 Å². The molecule has 18 heavy (non-hydrogen) atoms. The smallest absolute Gasteiger partial charge is 0.145 e. The van der Waals surface area contributed by atoms with E-state index in [0.717, 1.165) is 34.8 Å². The van der Waals surface area contributed by atoms with E-state index in [1.165, 1.54) is 12.8 Å². The van der Waals surface area contributed by atoms with Crippen LogP contribution in [-0.2, 0) is 0 Å². The lowest BCUT2D eigenvalue weighted by Crippen LogP contribution is -2.29. The van der Waals surface area contributed by atoms with Crippen molar-refractivity contribution in [1.29, 1.82) is 0 Å². The van der Waals surface area contributed by atoms with Gasteiger partial charge in [0.1, 0.15) is 21.7 Å². The molecule has 4 nitrogen and oxygen atoms in total. The number of halogens is 1. The lowest BCUT2D eigenvalue weighted by atomic mass is 9.99. The molecular formula is C13H16BrN3O. The lowest BCUT2D eigenvalue weighted by Gasteiger charge is -2.21. The Morgan fingerprint density at radius 3 is 3.17 bits per heavy atom. The van der Waals surface area contributed by atoms with Gasteiger partial charge in [-0.1, -0.05) is 0 Å². The van der Waals surface area contributed by atoms with Crippen molar-refractivity contribution in [3.63, 3.8) is 0 Å². The monoisotopic (exact) mass is 309 g/mol. The Labute approximate surface area is 114 Å². The number of nitrogens with zero attached hydrogens (tertiary/aromatic N) is 2. The van der Waals surface area contributed by atoms with E-state index in [1.807, 2.05) is 12.1 Å². The minimum absolute atomic E-state index is 0.477. The van der Waals surface area contributed by atoms with Gasteiger partial charge in [-0.2, -0.15) is 0 Å². The van der Waals surface area contributed by atoms with Crippen LogP contribution in [0.1, 0.15) is 24.6 Å². The molecule has 2 aromatic heterocycles. The molecule has 3 rings (SSSR count). The van der Waals surface area contributed by atoms with Crippen LogP contribution in [0.3, 0.4) is 0 Å². The summed E-state index contributed by atoms with van der Waals surface area (Å²) in [5, 5.41) is 3.44. The molecule has 1 aliphatic heterocycles. The number of fused-ring (bicyclic) bond motifs is 1. The predicted octanol–water partition coefficient (Wildman–Crippen LogP) is 2.57. The highest BCUT2D eigenvalue weighted by molar-refractivity contribution is 9.10. The Bertz CT molecular complexity index is 561. The summed E-state index contributed by atoms with van der Waals surface area (Å²) in [6.07, 6.45) is 4.45. The standard InChI is InChI=1S/C13H16BrN3O/c1-18-10-5-3-7-17-11(10)12(14)16-13(17)9-4-2-6-15-8-9/h3,5,7,9,15H,2,4,6,8H2,1H3. The molecule has 2 aromatic rings. The zero-order chi connectivity index (χ0) is 12.5. The number of methoxy groups -OCH3 is 1. The van der Waals surface area contributed by atoms with E-state index in [4.69, 9.17) is 4.74 Å². The van der Waals surface area contributed by atoms with Crippen LogP contribution < -0.4 is 10.1 Å². The molecular weight excluding hydrogens is 294 g/mol. The van der Waals surface area contributed by atoms with Crippen LogP contribution in [0.5, 0.6) is 5.75 Å². The molecule has 0 amide bonds. The number of aromatic nitrogens is 2. The van der Waals surface area contributed by atoms with E-state index in [0.29, 0.717) is 5.92 Å². The summed E-state index contributed by atoms with van der Waals surface area (Å²) in [5.41, 5.74) is 1.01. The summed E-state index contributed by atoms with van der Waals surface area (Å²) in [6, 6.07) is 3.96. The number of piperidine rings is 1. The Kier molecular flexibility index (Phi) is 3.26. The molecule has 1 unspecified atom stereocenters. The molecule has 1 N–H and O–H groups in total. The maximum atomic E-state index is 5.40. The molecule has 96 valence electrons. The number of pyridine rings is 1. The average molecular weight is 310 g/mol. The SMILES string of the molecule is COc1cccn2c(C3CCCNC3)nc(Br)c12. The van der Waals surface area contributed by atoms with Gasteiger partial charge in [0.25, 0.3) is 0 Å². The van der Waals surface area contributed by atoms with Crippen LogP contribution in [0.25, 0.3) is 5.52 Å². The van der Waals surface area contributed by atoms with E-state index in [9.17, 15) is 0 Å². The minimum Gasteiger partial charge on any atom is -0.494 e. The Hall–Kier alpha value is -1.07. The van der Waals surface area contributed by atoms with Gasteiger partial charge in [0.15, 0.2) is 0 Å². The topological polar surface area (TPSA) is 38.6 Å². The fourth-order valence-corrected chi connectivity index (χ4v) is 3.18. The summed E-state index contributed by atoms with van der Waals surface area (Å²) in [4.78, 5) is 4.68. The molecule has 0 spiro atoms. The number of imidazole rings is 1. The van der Waals surface area contributed by atoms with Crippen LogP contribution >= 0.6 is 15.9 Å². The normalized spacial score (nSPS) is 20.2. The van der Waals surface area contributed by atoms with Crippen LogP contribution in [0.4, 0.5) is 0 Å². The second-order valence-corrected chi connectivity index (χ2v) is 5.35. The summed E-state index contributed by atoms with van der Waals surface area (Å²) in [7, 11) is 1.69. The van der Waals surface area contributed by atoms with Crippen LogP contribution in [-0.4, -0.2) is 29.6 Å². The molecule has 0 saturated carbocycles. The van der Waals surface area contributed by atoms with E-state index < -0.39 is 0 Å². The van der Waals surface area contributed by atoms with Crippen molar-refractivity contribution in [2.45, 2.75) is 18.8 Å². The highest BCUT2D eigenvalue weighted by Crippen LogP contribution is 2.32. The van der Waals surface area contributed by atoms with Gasteiger partial charge in [0.05, 0.1) is 7.11 Å². The number of rotatable bonds is 2. The largest absolute Gasteiger partial charge is 0.494 e. The highest BCUT2D eigenvalue weighted by Gasteiger charge is 2.22. The highest BCUT2D eigenvalue weighted by atomic mass is 79.9. The maximum Gasteiger partial charge on any atom is 0.145 e. The molecule has 0 aliphatic carbocycles. The number of hydrogen-bond acceptors (Lipinski definition) is 3. The van der Waals surface area contributed by atoms with Gasteiger partial charge >= 0.3 is 0 Å². The molecule has 1 fully saturated rings. The molecule has 5 heteroatoms. The van der Waals surface area contributed by atoms with Gasteiger partial charge in [0.2, 0.25) is 0 Å². The van der Waals surface area contributed by atoms with Gasteiger partial charge in [-0.15, -0.1) is 0 Å². The number of hydrogen-bond donors (Lipinski definition) is 1. The Morgan fingerprint density at radius 2 is 2.44 bits per heavy atom. The van der Waals surface area contributed by atoms with Crippen molar-refractivity contribution < 1.29 is 4.74 Å². The minimum atomic E-state index is 0.477. The molecule has 1 aliphatic rings. The van der Waals surface area contributed by atoms with E-state index >= 15 is 0 Å². The molecule has 3 heterocycles. The number of nitrogens with one attached hydrogen (secondary N) is 1. The Morgan fingerprint density at radius 1 is 1.56 bits per heavy atom. The van der Waals surface area contributed by atoms with Crippen molar-refractivity contribution in [3.8, 4) is 5.75 Å². The van der Waals surface area contributed by atoms with E-state index in [-0.39, 0.29) is 0 Å². The van der Waals surface area contributed by atoms with Crippen LogP contribution in [0.15, 0.2) is 22.9 Å². The van der Waals surface area contributed by atoms with Crippen molar-refractivity contribution in [2.24, 2.45) is 0 Å². The zero-order valence-corrected chi connectivity index (χ0v) is 11.9. The van der Waals surface area contributed by atoms with Gasteiger partial charge in [-0.25, -0.2) is 4.98 Å². The molecule has 1 saturated heterocycles. The molecule has 0 aromatic carbocycles. The zero-order valence-electron chi connectivity index (χ0n) is 10.3. The summed E-state index contributed by atoms with van der Waals surface area (Å²) >= 11 is 3.54. The predicted molar refractivity (Wildman–Crippen MR) is 74.3 cm³/mol. The van der Waals surface area contributed by atoms with Crippen molar-refractivity contribution in [1.82, 2.24) is 14.7 Å². The third-order valence-electron chi connectivity index (χ3n) is 3.49. The fraction of sp³-hybridized carbons (Fsp3) is 0.462.